The minimum Gasteiger partial charge on any atom is -0.497 e. The SMILES string of the molecule is COc1ccc(-c2nn(C[NH+]3CC=C(c4ccccc4)CC3)c(=S)o2)cc1. The zero-order valence-corrected chi connectivity index (χ0v) is 16.0. The Bertz CT molecular complexity index is 990. The summed E-state index contributed by atoms with van der Waals surface area (Å²) in [4.78, 5) is 1.83. The van der Waals surface area contributed by atoms with E-state index in [0.29, 0.717) is 17.4 Å². The number of aromatic nitrogens is 2. The average Bonchev–Trinajstić information content (AvgIpc) is 3.09. The molecule has 0 saturated carbocycles. The number of hydrogen-bond donors (Lipinski definition) is 1. The molecule has 0 radical (unpaired) electrons. The van der Waals surface area contributed by atoms with Crippen molar-refractivity contribution in [2.45, 2.75) is 13.1 Å². The molecule has 1 aliphatic rings. The molecule has 5 nitrogen and oxygen atoms in total. The standard InChI is InChI=1S/C21H21N3O2S/c1-25-19-9-7-18(8-10-19)20-22-24(21(27)26-20)15-23-13-11-17(12-14-23)16-5-3-2-4-6-16/h2-11H,12-15H2,1H3/p+1. The largest absolute Gasteiger partial charge is 0.497 e. The van der Waals surface area contributed by atoms with E-state index in [2.05, 4.69) is 41.5 Å². The first kappa shape index (κ1) is 17.7. The lowest BCUT2D eigenvalue weighted by atomic mass is 10.00. The number of methoxy groups -OCH3 is 1. The van der Waals surface area contributed by atoms with Crippen LogP contribution >= 0.6 is 12.2 Å². The van der Waals surface area contributed by atoms with Crippen LogP contribution in [0.25, 0.3) is 17.0 Å². The molecule has 0 saturated heterocycles. The van der Waals surface area contributed by atoms with Crippen LogP contribution in [-0.2, 0) is 6.67 Å². The molecule has 0 amide bonds. The van der Waals surface area contributed by atoms with Crippen LogP contribution in [0.15, 0.2) is 65.1 Å². The average molecular weight is 380 g/mol. The van der Waals surface area contributed by atoms with Gasteiger partial charge in [-0.15, -0.1) is 5.10 Å². The number of benzene rings is 2. The van der Waals surface area contributed by atoms with E-state index in [-0.39, 0.29) is 0 Å². The van der Waals surface area contributed by atoms with Crippen LogP contribution in [0.3, 0.4) is 0 Å². The molecule has 138 valence electrons. The number of hydrogen-bond acceptors (Lipinski definition) is 4. The quantitative estimate of drug-likeness (QED) is 0.691. The molecule has 1 atom stereocenters. The predicted octanol–water partition coefficient (Wildman–Crippen LogP) is 3.21. The van der Waals surface area contributed by atoms with Gasteiger partial charge >= 0.3 is 0 Å². The Hall–Kier alpha value is -2.70. The van der Waals surface area contributed by atoms with E-state index in [1.807, 2.05) is 24.3 Å². The van der Waals surface area contributed by atoms with Crippen LogP contribution in [0.5, 0.6) is 5.75 Å². The van der Waals surface area contributed by atoms with Gasteiger partial charge in [-0.1, -0.05) is 30.3 Å². The van der Waals surface area contributed by atoms with Gasteiger partial charge in [-0.25, -0.2) is 0 Å². The first-order valence-corrected chi connectivity index (χ1v) is 9.44. The molecule has 1 unspecified atom stereocenters. The number of quaternary nitrogens is 1. The molecule has 0 bridgehead atoms. The molecule has 0 aliphatic carbocycles. The second-order valence-corrected chi connectivity index (χ2v) is 6.96. The number of nitrogens with one attached hydrogen (secondary N) is 1. The molecule has 1 aliphatic heterocycles. The fourth-order valence-corrected chi connectivity index (χ4v) is 3.49. The normalized spacial score (nSPS) is 16.8. The van der Waals surface area contributed by atoms with Gasteiger partial charge in [0.25, 0.3) is 4.84 Å². The molecule has 1 aromatic heterocycles. The summed E-state index contributed by atoms with van der Waals surface area (Å²) in [5.41, 5.74) is 3.62. The fraction of sp³-hybridized carbons (Fsp3) is 0.238. The van der Waals surface area contributed by atoms with Gasteiger partial charge in [-0.3, -0.25) is 0 Å². The lowest BCUT2D eigenvalue weighted by Gasteiger charge is -2.23. The zero-order valence-electron chi connectivity index (χ0n) is 15.2. The van der Waals surface area contributed by atoms with E-state index in [1.165, 1.54) is 16.0 Å². The lowest BCUT2D eigenvalue weighted by Crippen LogP contribution is -3.11. The smallest absolute Gasteiger partial charge is 0.292 e. The van der Waals surface area contributed by atoms with Crippen molar-refractivity contribution >= 4 is 17.8 Å². The Morgan fingerprint density at radius 3 is 2.56 bits per heavy atom. The third kappa shape index (κ3) is 4.02. The third-order valence-corrected chi connectivity index (χ3v) is 5.14. The molecule has 2 heterocycles. The minimum absolute atomic E-state index is 0.408. The Labute approximate surface area is 163 Å². The summed E-state index contributed by atoms with van der Waals surface area (Å²) >= 11 is 5.37. The van der Waals surface area contributed by atoms with Gasteiger partial charge in [0.1, 0.15) is 5.75 Å². The van der Waals surface area contributed by atoms with E-state index >= 15 is 0 Å². The summed E-state index contributed by atoms with van der Waals surface area (Å²) in [5.74, 6) is 1.34. The number of rotatable bonds is 5. The van der Waals surface area contributed by atoms with Gasteiger partial charge in [0.15, 0.2) is 6.67 Å². The topological polar surface area (TPSA) is 44.6 Å². The lowest BCUT2D eigenvalue weighted by molar-refractivity contribution is -0.918. The Morgan fingerprint density at radius 1 is 1.11 bits per heavy atom. The van der Waals surface area contributed by atoms with Gasteiger partial charge in [-0.05, 0) is 53.7 Å². The highest BCUT2D eigenvalue weighted by Crippen LogP contribution is 2.21. The van der Waals surface area contributed by atoms with E-state index < -0.39 is 0 Å². The summed E-state index contributed by atoms with van der Waals surface area (Å²) < 4.78 is 12.7. The molecule has 4 rings (SSSR count). The van der Waals surface area contributed by atoms with Gasteiger partial charge < -0.3 is 14.1 Å². The maximum absolute atomic E-state index is 5.70. The van der Waals surface area contributed by atoms with Gasteiger partial charge in [0.2, 0.25) is 5.89 Å². The first-order valence-electron chi connectivity index (χ1n) is 9.03. The molecular formula is C21H22N3O2S+. The third-order valence-electron chi connectivity index (χ3n) is 4.85. The van der Waals surface area contributed by atoms with Crippen LogP contribution < -0.4 is 9.64 Å². The van der Waals surface area contributed by atoms with Crippen molar-refractivity contribution in [3.63, 3.8) is 0 Å². The monoisotopic (exact) mass is 380 g/mol. The minimum atomic E-state index is 0.408. The van der Waals surface area contributed by atoms with Crippen molar-refractivity contribution < 1.29 is 14.1 Å². The van der Waals surface area contributed by atoms with E-state index in [4.69, 9.17) is 21.4 Å². The molecule has 6 heteroatoms. The van der Waals surface area contributed by atoms with Crippen LogP contribution in [0.2, 0.25) is 0 Å². The van der Waals surface area contributed by atoms with Crippen molar-refractivity contribution in [3.8, 4) is 17.2 Å². The molecule has 27 heavy (non-hydrogen) atoms. The maximum Gasteiger partial charge on any atom is 0.292 e. The highest BCUT2D eigenvalue weighted by molar-refractivity contribution is 7.71. The Kier molecular flexibility index (Phi) is 5.18. The first-order chi connectivity index (χ1) is 13.2. The van der Waals surface area contributed by atoms with Gasteiger partial charge in [-0.2, -0.15) is 4.68 Å². The van der Waals surface area contributed by atoms with Crippen molar-refractivity contribution in [1.82, 2.24) is 9.78 Å². The van der Waals surface area contributed by atoms with Crippen molar-refractivity contribution in [3.05, 3.63) is 71.1 Å². The highest BCUT2D eigenvalue weighted by Gasteiger charge is 2.18. The van der Waals surface area contributed by atoms with Crippen LogP contribution in [-0.4, -0.2) is 30.0 Å². The van der Waals surface area contributed by atoms with Crippen molar-refractivity contribution in [1.29, 1.82) is 0 Å². The van der Waals surface area contributed by atoms with E-state index in [9.17, 15) is 0 Å². The summed E-state index contributed by atoms with van der Waals surface area (Å²) in [6.45, 7) is 2.71. The van der Waals surface area contributed by atoms with Gasteiger partial charge in [0, 0.05) is 12.0 Å². The van der Waals surface area contributed by atoms with Crippen LogP contribution in [0.1, 0.15) is 12.0 Å². The highest BCUT2D eigenvalue weighted by atomic mass is 32.1. The molecule has 0 spiro atoms. The number of nitrogens with zero attached hydrogens (tertiary/aromatic N) is 2. The molecule has 1 N–H and O–H groups in total. The molecular weight excluding hydrogens is 358 g/mol. The van der Waals surface area contributed by atoms with E-state index in [0.717, 1.165) is 30.8 Å². The number of ether oxygens (including phenoxy) is 1. The second-order valence-electron chi connectivity index (χ2n) is 6.61. The Morgan fingerprint density at radius 2 is 1.89 bits per heavy atom. The summed E-state index contributed by atoms with van der Waals surface area (Å²) in [5, 5.41) is 4.57. The fourth-order valence-electron chi connectivity index (χ4n) is 3.31. The van der Waals surface area contributed by atoms with Crippen LogP contribution in [0, 0.1) is 4.84 Å². The predicted molar refractivity (Wildman–Crippen MR) is 107 cm³/mol. The summed E-state index contributed by atoms with van der Waals surface area (Å²) in [6.07, 6.45) is 3.37. The maximum atomic E-state index is 5.70. The Balaban J connectivity index is 1.45. The zero-order chi connectivity index (χ0) is 18.6. The second kappa shape index (κ2) is 7.90. The summed E-state index contributed by atoms with van der Waals surface area (Å²) in [7, 11) is 1.65. The molecule has 3 aromatic rings. The molecule has 2 aromatic carbocycles. The van der Waals surface area contributed by atoms with E-state index in [1.54, 1.807) is 11.8 Å². The van der Waals surface area contributed by atoms with Crippen molar-refractivity contribution in [2.75, 3.05) is 20.2 Å². The summed E-state index contributed by atoms with van der Waals surface area (Å²) in [6, 6.07) is 18.2. The van der Waals surface area contributed by atoms with Crippen LogP contribution in [0.4, 0.5) is 0 Å². The molecule has 0 fully saturated rings. The van der Waals surface area contributed by atoms with Gasteiger partial charge in [0.05, 0.1) is 20.2 Å². The van der Waals surface area contributed by atoms with Crippen molar-refractivity contribution in [2.24, 2.45) is 0 Å².